The van der Waals surface area contributed by atoms with E-state index in [4.69, 9.17) is 13.6 Å². The Morgan fingerprint density at radius 1 is 1.00 bits per heavy atom. The van der Waals surface area contributed by atoms with Gasteiger partial charge in [-0.15, -0.1) is 0 Å². The molecule has 0 spiro atoms. The van der Waals surface area contributed by atoms with Crippen LogP contribution in [0.1, 0.15) is 39.5 Å². The van der Waals surface area contributed by atoms with Crippen LogP contribution in [0.25, 0.3) is 0 Å². The van der Waals surface area contributed by atoms with Crippen molar-refractivity contribution < 1.29 is 18.1 Å². The van der Waals surface area contributed by atoms with Crippen molar-refractivity contribution in [2.45, 2.75) is 39.5 Å². The number of phosphoric acid groups is 1. The van der Waals surface area contributed by atoms with E-state index in [2.05, 4.69) is 15.9 Å². The third kappa shape index (κ3) is 6.89. The molecule has 0 aliphatic heterocycles. The maximum atomic E-state index is 12.5. The van der Waals surface area contributed by atoms with Gasteiger partial charge in [-0.2, -0.15) is 0 Å². The normalized spacial score (nSPS) is 11.6. The lowest BCUT2D eigenvalue weighted by Gasteiger charge is -2.18. The van der Waals surface area contributed by atoms with Gasteiger partial charge in [0.05, 0.1) is 13.2 Å². The molecule has 0 saturated carbocycles. The van der Waals surface area contributed by atoms with Gasteiger partial charge < -0.3 is 4.52 Å². The molecule has 0 radical (unpaired) electrons. The molecule has 1 rings (SSSR count). The molecule has 4 nitrogen and oxygen atoms in total. The number of halogens is 1. The summed E-state index contributed by atoms with van der Waals surface area (Å²) in [4.78, 5) is 0. The lowest BCUT2D eigenvalue weighted by molar-refractivity contribution is 0.152. The maximum absolute atomic E-state index is 12.5. The Labute approximate surface area is 129 Å². The maximum Gasteiger partial charge on any atom is 0.530 e. The van der Waals surface area contributed by atoms with Crippen LogP contribution in [0.5, 0.6) is 5.75 Å². The van der Waals surface area contributed by atoms with Gasteiger partial charge >= 0.3 is 7.82 Å². The summed E-state index contributed by atoms with van der Waals surface area (Å²) in [6.45, 7) is 4.83. The third-order valence-corrected chi connectivity index (χ3v) is 4.49. The van der Waals surface area contributed by atoms with E-state index >= 15 is 0 Å². The highest BCUT2D eigenvalue weighted by atomic mass is 79.9. The first kappa shape index (κ1) is 17.7. The van der Waals surface area contributed by atoms with Crippen LogP contribution < -0.4 is 4.52 Å². The van der Waals surface area contributed by atoms with Crippen molar-refractivity contribution in [2.75, 3.05) is 13.2 Å². The van der Waals surface area contributed by atoms with Gasteiger partial charge in [-0.1, -0.05) is 42.6 Å². The van der Waals surface area contributed by atoms with Crippen molar-refractivity contribution in [1.29, 1.82) is 0 Å². The monoisotopic (exact) mass is 364 g/mol. The van der Waals surface area contributed by atoms with Crippen LogP contribution in [0.2, 0.25) is 0 Å². The number of unbranched alkanes of at least 4 members (excludes halogenated alkanes) is 2. The highest BCUT2D eigenvalue weighted by Gasteiger charge is 2.28. The number of phosphoric ester groups is 1. The smallest absolute Gasteiger partial charge is 0.404 e. The summed E-state index contributed by atoms with van der Waals surface area (Å²) < 4.78 is 29.6. The standard InChI is InChI=1S/C14H22BrO4P/c1-3-5-11-17-20(16,18-12-6-4-2)19-14-9-7-13(15)8-10-14/h7-10H,3-6,11-12H2,1-2H3. The Morgan fingerprint density at radius 2 is 1.50 bits per heavy atom. The fourth-order valence-corrected chi connectivity index (χ4v) is 2.89. The molecule has 0 bridgehead atoms. The van der Waals surface area contributed by atoms with Crippen molar-refractivity contribution in [3.05, 3.63) is 28.7 Å². The predicted octanol–water partition coefficient (Wildman–Crippen LogP) is 5.57. The first-order valence-electron chi connectivity index (χ1n) is 6.94. The second-order valence-electron chi connectivity index (χ2n) is 4.37. The zero-order valence-corrected chi connectivity index (χ0v) is 14.5. The van der Waals surface area contributed by atoms with E-state index in [1.807, 2.05) is 26.0 Å². The Balaban J connectivity index is 2.64. The van der Waals surface area contributed by atoms with Crippen LogP contribution in [0, 0.1) is 0 Å². The van der Waals surface area contributed by atoms with Gasteiger partial charge in [-0.25, -0.2) is 4.57 Å². The Hall–Kier alpha value is -0.350. The van der Waals surface area contributed by atoms with Crippen LogP contribution in [0.3, 0.4) is 0 Å². The quantitative estimate of drug-likeness (QED) is 0.402. The second-order valence-corrected chi connectivity index (χ2v) is 6.88. The van der Waals surface area contributed by atoms with Crippen LogP contribution in [-0.4, -0.2) is 13.2 Å². The van der Waals surface area contributed by atoms with E-state index in [1.54, 1.807) is 12.1 Å². The molecule has 0 amide bonds. The van der Waals surface area contributed by atoms with Crippen LogP contribution in [0.4, 0.5) is 0 Å². The van der Waals surface area contributed by atoms with E-state index in [-0.39, 0.29) is 0 Å². The summed E-state index contributed by atoms with van der Waals surface area (Å²) in [5, 5.41) is 0. The van der Waals surface area contributed by atoms with Crippen molar-refractivity contribution in [3.8, 4) is 5.75 Å². The summed E-state index contributed by atoms with van der Waals surface area (Å²) in [5.74, 6) is 0.476. The summed E-state index contributed by atoms with van der Waals surface area (Å²) >= 11 is 3.34. The van der Waals surface area contributed by atoms with E-state index < -0.39 is 7.82 Å². The molecular weight excluding hydrogens is 343 g/mol. The summed E-state index contributed by atoms with van der Waals surface area (Å²) in [7, 11) is -3.53. The highest BCUT2D eigenvalue weighted by molar-refractivity contribution is 9.10. The van der Waals surface area contributed by atoms with E-state index in [0.29, 0.717) is 19.0 Å². The van der Waals surface area contributed by atoms with Crippen LogP contribution in [0.15, 0.2) is 28.7 Å². The minimum atomic E-state index is -3.53. The highest BCUT2D eigenvalue weighted by Crippen LogP contribution is 2.49. The van der Waals surface area contributed by atoms with Gasteiger partial charge in [0.2, 0.25) is 0 Å². The van der Waals surface area contributed by atoms with E-state index in [1.165, 1.54) is 0 Å². The first-order valence-corrected chi connectivity index (χ1v) is 9.19. The molecule has 0 fully saturated rings. The predicted molar refractivity (Wildman–Crippen MR) is 84.1 cm³/mol. The van der Waals surface area contributed by atoms with Crippen molar-refractivity contribution >= 4 is 23.8 Å². The Morgan fingerprint density at radius 3 is 1.95 bits per heavy atom. The fourth-order valence-electron chi connectivity index (χ4n) is 1.36. The molecule has 0 unspecified atom stereocenters. The molecule has 114 valence electrons. The SMILES string of the molecule is CCCCOP(=O)(OCCCC)Oc1ccc(Br)cc1. The fraction of sp³-hybridized carbons (Fsp3) is 0.571. The van der Waals surface area contributed by atoms with E-state index in [0.717, 1.165) is 30.2 Å². The van der Waals surface area contributed by atoms with Crippen LogP contribution in [-0.2, 0) is 13.6 Å². The van der Waals surface area contributed by atoms with Gasteiger partial charge in [-0.3, -0.25) is 9.05 Å². The molecule has 20 heavy (non-hydrogen) atoms. The summed E-state index contributed by atoms with van der Waals surface area (Å²) in [6, 6.07) is 7.09. The molecule has 6 heteroatoms. The molecule has 0 atom stereocenters. The molecule has 0 heterocycles. The van der Waals surface area contributed by atoms with Gasteiger partial charge in [-0.05, 0) is 37.1 Å². The lowest BCUT2D eigenvalue weighted by Crippen LogP contribution is -2.05. The molecule has 0 aliphatic carbocycles. The van der Waals surface area contributed by atoms with Gasteiger partial charge in [0.15, 0.2) is 0 Å². The molecule has 0 aliphatic rings. The molecule has 0 saturated heterocycles. The zero-order chi connectivity index (χ0) is 14.8. The average Bonchev–Trinajstić information content (AvgIpc) is 2.42. The first-order chi connectivity index (χ1) is 9.59. The third-order valence-electron chi connectivity index (χ3n) is 2.53. The molecule has 0 aromatic heterocycles. The molecular formula is C14H22BrO4P. The Bertz CT molecular complexity index is 408. The molecule has 1 aromatic carbocycles. The molecule has 0 N–H and O–H groups in total. The number of hydrogen-bond acceptors (Lipinski definition) is 4. The second kappa shape index (κ2) is 9.56. The molecule has 1 aromatic rings. The number of benzene rings is 1. The number of rotatable bonds is 10. The van der Waals surface area contributed by atoms with Gasteiger partial charge in [0, 0.05) is 4.47 Å². The van der Waals surface area contributed by atoms with Crippen molar-refractivity contribution in [3.63, 3.8) is 0 Å². The van der Waals surface area contributed by atoms with Crippen molar-refractivity contribution in [2.24, 2.45) is 0 Å². The summed E-state index contributed by atoms with van der Waals surface area (Å²) in [6.07, 6.45) is 3.58. The number of hydrogen-bond donors (Lipinski definition) is 0. The largest absolute Gasteiger partial charge is 0.530 e. The van der Waals surface area contributed by atoms with Gasteiger partial charge in [0.25, 0.3) is 0 Å². The Kier molecular flexibility index (Phi) is 8.46. The topological polar surface area (TPSA) is 44.8 Å². The minimum absolute atomic E-state index is 0.371. The summed E-state index contributed by atoms with van der Waals surface area (Å²) in [5.41, 5.74) is 0. The zero-order valence-electron chi connectivity index (χ0n) is 12.0. The van der Waals surface area contributed by atoms with E-state index in [9.17, 15) is 4.57 Å². The van der Waals surface area contributed by atoms with Gasteiger partial charge in [0.1, 0.15) is 5.75 Å². The lowest BCUT2D eigenvalue weighted by atomic mass is 10.3. The van der Waals surface area contributed by atoms with Crippen molar-refractivity contribution in [1.82, 2.24) is 0 Å². The average molecular weight is 365 g/mol. The van der Waals surface area contributed by atoms with Crippen LogP contribution >= 0.6 is 23.8 Å². The minimum Gasteiger partial charge on any atom is -0.404 e.